The van der Waals surface area contributed by atoms with Gasteiger partial charge in [-0.15, -0.1) is 0 Å². The number of aromatic nitrogens is 2. The highest BCUT2D eigenvalue weighted by molar-refractivity contribution is 6.29. The summed E-state index contributed by atoms with van der Waals surface area (Å²) < 4.78 is 13.0. The standard InChI is InChI=1S/C18H17ClFN3/c19-16-11-17(22-18(21-16)14-1-2-14)23-9-7-13(8-10-23)12-3-5-15(20)6-4-12/h3-7,11,14H,1-2,8-10H2. The second-order valence-electron chi connectivity index (χ2n) is 6.11. The molecule has 0 bridgehead atoms. The molecule has 0 unspecified atom stereocenters. The van der Waals surface area contributed by atoms with E-state index in [0.29, 0.717) is 11.1 Å². The van der Waals surface area contributed by atoms with E-state index in [9.17, 15) is 4.39 Å². The first-order valence-corrected chi connectivity index (χ1v) is 8.31. The molecule has 1 aromatic heterocycles. The third-order valence-electron chi connectivity index (χ3n) is 4.39. The summed E-state index contributed by atoms with van der Waals surface area (Å²) in [4.78, 5) is 11.2. The molecule has 118 valence electrons. The summed E-state index contributed by atoms with van der Waals surface area (Å²) in [5, 5.41) is 0.519. The zero-order valence-corrected chi connectivity index (χ0v) is 13.4. The fourth-order valence-corrected chi connectivity index (χ4v) is 3.10. The van der Waals surface area contributed by atoms with Crippen molar-refractivity contribution < 1.29 is 4.39 Å². The highest BCUT2D eigenvalue weighted by Crippen LogP contribution is 2.39. The van der Waals surface area contributed by atoms with Gasteiger partial charge in [-0.05, 0) is 42.5 Å². The van der Waals surface area contributed by atoms with E-state index in [1.165, 1.54) is 17.7 Å². The summed E-state index contributed by atoms with van der Waals surface area (Å²) >= 11 is 6.15. The molecule has 1 saturated carbocycles. The van der Waals surface area contributed by atoms with Crippen LogP contribution in [0.1, 0.15) is 36.6 Å². The summed E-state index contributed by atoms with van der Waals surface area (Å²) in [6.07, 6.45) is 5.42. The van der Waals surface area contributed by atoms with Gasteiger partial charge in [0.15, 0.2) is 0 Å². The van der Waals surface area contributed by atoms with Crippen molar-refractivity contribution in [1.82, 2.24) is 9.97 Å². The van der Waals surface area contributed by atoms with Crippen LogP contribution in [-0.4, -0.2) is 23.1 Å². The number of nitrogens with zero attached hydrogens (tertiary/aromatic N) is 3. The molecule has 1 aliphatic heterocycles. The van der Waals surface area contributed by atoms with Crippen LogP contribution in [0.4, 0.5) is 10.2 Å². The van der Waals surface area contributed by atoms with E-state index in [2.05, 4.69) is 20.9 Å². The van der Waals surface area contributed by atoms with Crippen molar-refractivity contribution in [2.75, 3.05) is 18.0 Å². The molecule has 1 aromatic carbocycles. The molecule has 2 aromatic rings. The molecule has 1 fully saturated rings. The van der Waals surface area contributed by atoms with Crippen molar-refractivity contribution in [2.45, 2.75) is 25.2 Å². The lowest BCUT2D eigenvalue weighted by Gasteiger charge is -2.28. The number of rotatable bonds is 3. The second-order valence-corrected chi connectivity index (χ2v) is 6.50. The second kappa shape index (κ2) is 5.93. The third-order valence-corrected chi connectivity index (χ3v) is 4.58. The largest absolute Gasteiger partial charge is 0.352 e. The number of halogens is 2. The van der Waals surface area contributed by atoms with Gasteiger partial charge in [-0.3, -0.25) is 0 Å². The molecule has 0 atom stereocenters. The zero-order chi connectivity index (χ0) is 15.8. The first-order chi connectivity index (χ1) is 11.2. The Balaban J connectivity index is 1.53. The van der Waals surface area contributed by atoms with E-state index >= 15 is 0 Å². The van der Waals surface area contributed by atoms with Gasteiger partial charge in [0.05, 0.1) is 0 Å². The Labute approximate surface area is 139 Å². The third kappa shape index (κ3) is 3.22. The molecular formula is C18H17ClFN3. The van der Waals surface area contributed by atoms with Gasteiger partial charge in [0.25, 0.3) is 0 Å². The van der Waals surface area contributed by atoms with Gasteiger partial charge in [-0.25, -0.2) is 14.4 Å². The van der Waals surface area contributed by atoms with Crippen LogP contribution in [0, 0.1) is 5.82 Å². The van der Waals surface area contributed by atoms with Crippen LogP contribution in [0.25, 0.3) is 5.57 Å². The van der Waals surface area contributed by atoms with E-state index < -0.39 is 0 Å². The van der Waals surface area contributed by atoms with E-state index in [0.717, 1.165) is 49.6 Å². The van der Waals surface area contributed by atoms with E-state index in [1.54, 1.807) is 0 Å². The lowest BCUT2D eigenvalue weighted by Crippen LogP contribution is -2.29. The predicted octanol–water partition coefficient (Wildman–Crippen LogP) is 4.44. The highest BCUT2D eigenvalue weighted by atomic mass is 35.5. The van der Waals surface area contributed by atoms with Crippen molar-refractivity contribution in [3.8, 4) is 0 Å². The van der Waals surface area contributed by atoms with Gasteiger partial charge >= 0.3 is 0 Å². The monoisotopic (exact) mass is 329 g/mol. The van der Waals surface area contributed by atoms with E-state index in [4.69, 9.17) is 11.6 Å². The molecule has 3 nitrogen and oxygen atoms in total. The fourth-order valence-electron chi connectivity index (χ4n) is 2.91. The smallest absolute Gasteiger partial charge is 0.135 e. The van der Waals surface area contributed by atoms with Crippen LogP contribution in [-0.2, 0) is 0 Å². The van der Waals surface area contributed by atoms with Gasteiger partial charge in [-0.1, -0.05) is 29.8 Å². The molecule has 0 spiro atoms. The van der Waals surface area contributed by atoms with Crippen LogP contribution in [0.5, 0.6) is 0 Å². The molecule has 0 N–H and O–H groups in total. The minimum Gasteiger partial charge on any atom is -0.352 e. The van der Waals surface area contributed by atoms with Crippen molar-refractivity contribution in [3.05, 3.63) is 58.8 Å². The Morgan fingerprint density at radius 2 is 1.91 bits per heavy atom. The molecule has 1 aliphatic carbocycles. The van der Waals surface area contributed by atoms with E-state index in [-0.39, 0.29) is 5.82 Å². The maximum atomic E-state index is 13.0. The number of benzene rings is 1. The topological polar surface area (TPSA) is 29.0 Å². The molecule has 0 amide bonds. The summed E-state index contributed by atoms with van der Waals surface area (Å²) in [6.45, 7) is 1.66. The lowest BCUT2D eigenvalue weighted by molar-refractivity contribution is 0.627. The molecule has 23 heavy (non-hydrogen) atoms. The van der Waals surface area contributed by atoms with Crippen LogP contribution >= 0.6 is 11.6 Å². The Morgan fingerprint density at radius 3 is 2.57 bits per heavy atom. The predicted molar refractivity (Wildman–Crippen MR) is 90.2 cm³/mol. The fraction of sp³-hybridized carbons (Fsp3) is 0.333. The molecule has 2 aliphatic rings. The average Bonchev–Trinajstić information content (AvgIpc) is 3.40. The normalized spacial score (nSPS) is 18.0. The highest BCUT2D eigenvalue weighted by Gasteiger charge is 2.28. The van der Waals surface area contributed by atoms with Gasteiger partial charge in [0.2, 0.25) is 0 Å². The lowest BCUT2D eigenvalue weighted by atomic mass is 9.99. The van der Waals surface area contributed by atoms with Crippen molar-refractivity contribution in [2.24, 2.45) is 0 Å². The van der Waals surface area contributed by atoms with Crippen LogP contribution in [0.3, 0.4) is 0 Å². The van der Waals surface area contributed by atoms with Crippen molar-refractivity contribution in [3.63, 3.8) is 0 Å². The summed E-state index contributed by atoms with van der Waals surface area (Å²) in [6, 6.07) is 8.53. The first kappa shape index (κ1) is 14.6. The molecule has 0 radical (unpaired) electrons. The quantitative estimate of drug-likeness (QED) is 0.779. The first-order valence-electron chi connectivity index (χ1n) is 7.93. The van der Waals surface area contributed by atoms with Gasteiger partial charge in [-0.2, -0.15) is 0 Å². The maximum absolute atomic E-state index is 13.0. The van der Waals surface area contributed by atoms with Crippen molar-refractivity contribution in [1.29, 1.82) is 0 Å². The minimum absolute atomic E-state index is 0.199. The van der Waals surface area contributed by atoms with Crippen molar-refractivity contribution >= 4 is 23.0 Å². The number of anilines is 1. The molecular weight excluding hydrogens is 313 g/mol. The van der Waals surface area contributed by atoms with Gasteiger partial charge < -0.3 is 4.90 Å². The Morgan fingerprint density at radius 1 is 1.13 bits per heavy atom. The minimum atomic E-state index is -0.199. The Hall–Kier alpha value is -1.94. The molecule has 4 rings (SSSR count). The van der Waals surface area contributed by atoms with Gasteiger partial charge in [0.1, 0.15) is 22.6 Å². The SMILES string of the molecule is Fc1ccc(C2=CCN(c3cc(Cl)nc(C4CC4)n3)CC2)cc1. The molecule has 2 heterocycles. The van der Waals surface area contributed by atoms with Crippen LogP contribution in [0.15, 0.2) is 36.4 Å². The zero-order valence-electron chi connectivity index (χ0n) is 12.7. The molecule has 5 heteroatoms. The summed E-state index contributed by atoms with van der Waals surface area (Å²) in [7, 11) is 0. The van der Waals surface area contributed by atoms with Crippen LogP contribution < -0.4 is 4.90 Å². The summed E-state index contributed by atoms with van der Waals surface area (Å²) in [5.41, 5.74) is 2.34. The van der Waals surface area contributed by atoms with Gasteiger partial charge in [0, 0.05) is 25.1 Å². The Bertz CT molecular complexity index is 753. The maximum Gasteiger partial charge on any atom is 0.135 e. The Kier molecular flexibility index (Phi) is 3.77. The van der Waals surface area contributed by atoms with Crippen LogP contribution in [0.2, 0.25) is 5.15 Å². The van der Waals surface area contributed by atoms with E-state index in [1.807, 2.05) is 18.2 Å². The summed E-state index contributed by atoms with van der Waals surface area (Å²) in [5.74, 6) is 2.07. The average molecular weight is 330 g/mol. The number of hydrogen-bond acceptors (Lipinski definition) is 3. The molecule has 0 saturated heterocycles. The number of hydrogen-bond donors (Lipinski definition) is 0.